The van der Waals surface area contributed by atoms with Crippen molar-refractivity contribution in [1.82, 2.24) is 0 Å². The van der Waals surface area contributed by atoms with Crippen LogP contribution >= 0.6 is 23.2 Å². The molecule has 4 aromatic rings. The van der Waals surface area contributed by atoms with Gasteiger partial charge in [-0.2, -0.15) is 0 Å². The highest BCUT2D eigenvalue weighted by Gasteiger charge is 2.22. The average Bonchev–Trinajstić information content (AvgIpc) is 3.70. The second kappa shape index (κ2) is 10.4. The number of phenols is 1. The van der Waals surface area contributed by atoms with Crippen molar-refractivity contribution >= 4 is 28.9 Å². The zero-order valence-electron chi connectivity index (χ0n) is 19.8. The van der Waals surface area contributed by atoms with Crippen LogP contribution in [0.25, 0.3) is 0 Å². The van der Waals surface area contributed by atoms with Crippen molar-refractivity contribution in [1.29, 1.82) is 0 Å². The van der Waals surface area contributed by atoms with Gasteiger partial charge in [0.25, 0.3) is 0 Å². The predicted octanol–water partition coefficient (Wildman–Crippen LogP) is 8.58. The van der Waals surface area contributed by atoms with E-state index in [9.17, 15) is 9.50 Å². The lowest BCUT2D eigenvalue weighted by Crippen LogP contribution is -2.02. The Morgan fingerprint density at radius 2 is 1.64 bits per heavy atom. The largest absolute Gasteiger partial charge is 0.508 e. The van der Waals surface area contributed by atoms with Crippen molar-refractivity contribution in [3.05, 3.63) is 117 Å². The molecule has 0 amide bonds. The molecule has 1 aliphatic heterocycles. The molecule has 0 radical (unpaired) electrons. The monoisotopic (exact) mass is 521 g/mol. The van der Waals surface area contributed by atoms with Gasteiger partial charge in [-0.25, -0.2) is 4.39 Å². The fraction of sp³-hybridized carbons (Fsp3) is 0.200. The smallest absolute Gasteiger partial charge is 0.150 e. The second-order valence-electron chi connectivity index (χ2n) is 9.00. The van der Waals surface area contributed by atoms with Crippen molar-refractivity contribution < 1.29 is 14.2 Å². The maximum atomic E-state index is 13.4. The molecule has 0 aromatic heterocycles. The first-order valence-electron chi connectivity index (χ1n) is 12.0. The van der Waals surface area contributed by atoms with E-state index in [1.54, 1.807) is 30.3 Å². The second-order valence-corrected chi connectivity index (χ2v) is 9.82. The van der Waals surface area contributed by atoms with Gasteiger partial charge in [0.15, 0.2) is 5.75 Å². The highest BCUT2D eigenvalue weighted by atomic mass is 35.5. The lowest BCUT2D eigenvalue weighted by Gasteiger charge is -2.19. The van der Waals surface area contributed by atoms with E-state index < -0.39 is 0 Å². The van der Waals surface area contributed by atoms with Crippen LogP contribution in [0.15, 0.2) is 78.9 Å². The number of anilines is 1. The summed E-state index contributed by atoms with van der Waals surface area (Å²) in [6.07, 6.45) is 1.25. The third-order valence-corrected chi connectivity index (χ3v) is 7.20. The van der Waals surface area contributed by atoms with Gasteiger partial charge in [0.2, 0.25) is 0 Å². The first-order chi connectivity index (χ1) is 17.4. The number of para-hydroxylation sites is 2. The third kappa shape index (κ3) is 5.30. The number of rotatable bonds is 8. The fourth-order valence-electron chi connectivity index (χ4n) is 4.56. The molecular weight excluding hydrogens is 496 g/mol. The first-order valence-corrected chi connectivity index (χ1v) is 12.8. The number of phenolic OH excluding ortho intramolecular Hbond substituents is 1. The van der Waals surface area contributed by atoms with E-state index in [2.05, 4.69) is 4.90 Å². The summed E-state index contributed by atoms with van der Waals surface area (Å²) < 4.78 is 19.6. The first kappa shape index (κ1) is 24.5. The summed E-state index contributed by atoms with van der Waals surface area (Å²) in [5.74, 6) is 1.22. The van der Waals surface area contributed by atoms with Crippen LogP contribution in [0.5, 0.6) is 17.2 Å². The Kier molecular flexibility index (Phi) is 7.08. The van der Waals surface area contributed by atoms with Gasteiger partial charge in [0.1, 0.15) is 17.3 Å². The van der Waals surface area contributed by atoms with Gasteiger partial charge in [0.05, 0.1) is 5.69 Å². The summed E-state index contributed by atoms with van der Waals surface area (Å²) in [4.78, 5) is 2.23. The number of hydrogen-bond donors (Lipinski definition) is 1. The molecule has 0 aliphatic carbocycles. The molecule has 3 nitrogen and oxygen atoms in total. The minimum Gasteiger partial charge on any atom is -0.508 e. The summed E-state index contributed by atoms with van der Waals surface area (Å²) in [7, 11) is 0. The van der Waals surface area contributed by atoms with Gasteiger partial charge in [-0.1, -0.05) is 66.5 Å². The van der Waals surface area contributed by atoms with Gasteiger partial charge < -0.3 is 14.7 Å². The Morgan fingerprint density at radius 3 is 2.31 bits per heavy atom. The van der Waals surface area contributed by atoms with E-state index in [0.717, 1.165) is 53.2 Å². The SMILES string of the molecule is CCC(c1ccc(F)cc1)c1cc(Cc2c(Cl)cc(Oc3ccccc3N3CC3)cc2Cl)ccc1O. The normalized spacial score (nSPS) is 13.5. The standard InChI is InChI=1S/C30H26Cl2FNO2/c1-2-23(20-8-10-21(33)11-9-20)24-15-19(7-12-29(24)35)16-25-26(31)17-22(18-27(25)32)36-30-6-4-3-5-28(30)34-13-14-34/h3-12,15,17-18,23,35H,2,13-14,16H2,1H3. The van der Waals surface area contributed by atoms with Crippen LogP contribution in [0.2, 0.25) is 10.0 Å². The van der Waals surface area contributed by atoms with Crippen LogP contribution in [0.4, 0.5) is 10.1 Å². The van der Waals surface area contributed by atoms with E-state index in [-0.39, 0.29) is 17.5 Å². The molecule has 4 aromatic carbocycles. The minimum absolute atomic E-state index is 0.0606. The van der Waals surface area contributed by atoms with Crippen LogP contribution in [-0.2, 0) is 6.42 Å². The van der Waals surface area contributed by atoms with E-state index in [1.165, 1.54) is 12.1 Å². The van der Waals surface area contributed by atoms with E-state index in [4.69, 9.17) is 27.9 Å². The van der Waals surface area contributed by atoms with Crippen LogP contribution in [-0.4, -0.2) is 18.2 Å². The van der Waals surface area contributed by atoms with E-state index >= 15 is 0 Å². The zero-order chi connectivity index (χ0) is 25.2. The van der Waals surface area contributed by atoms with Crippen LogP contribution in [0, 0.1) is 5.82 Å². The summed E-state index contributed by atoms with van der Waals surface area (Å²) in [5, 5.41) is 11.7. The summed E-state index contributed by atoms with van der Waals surface area (Å²) in [6.45, 7) is 4.09. The Balaban J connectivity index is 1.40. The van der Waals surface area contributed by atoms with Gasteiger partial charge >= 0.3 is 0 Å². The van der Waals surface area contributed by atoms with Crippen molar-refractivity contribution in [2.24, 2.45) is 0 Å². The number of nitrogens with zero attached hydrogens (tertiary/aromatic N) is 1. The molecule has 1 aliphatic rings. The molecule has 1 saturated heterocycles. The van der Waals surface area contributed by atoms with Crippen molar-refractivity contribution in [3.8, 4) is 17.2 Å². The number of ether oxygens (including phenoxy) is 1. The molecule has 36 heavy (non-hydrogen) atoms. The highest BCUT2D eigenvalue weighted by Crippen LogP contribution is 2.40. The van der Waals surface area contributed by atoms with E-state index in [0.29, 0.717) is 22.2 Å². The number of hydrogen-bond acceptors (Lipinski definition) is 3. The molecule has 6 heteroatoms. The van der Waals surface area contributed by atoms with Gasteiger partial charge in [0, 0.05) is 41.0 Å². The van der Waals surface area contributed by atoms with Crippen LogP contribution in [0.1, 0.15) is 41.5 Å². The van der Waals surface area contributed by atoms with Gasteiger partial charge in [-0.05, 0) is 65.6 Å². The van der Waals surface area contributed by atoms with E-state index in [1.807, 2.05) is 43.3 Å². The lowest BCUT2D eigenvalue weighted by molar-refractivity contribution is 0.463. The quantitative estimate of drug-likeness (QED) is 0.235. The molecule has 1 N–H and O–H groups in total. The average molecular weight is 522 g/mol. The number of benzene rings is 4. The number of halogens is 3. The van der Waals surface area contributed by atoms with Crippen molar-refractivity contribution in [2.45, 2.75) is 25.7 Å². The Labute approximate surface area is 220 Å². The summed E-state index contributed by atoms with van der Waals surface area (Å²) in [5.41, 5.74) is 4.55. The molecule has 1 atom stereocenters. The highest BCUT2D eigenvalue weighted by molar-refractivity contribution is 6.36. The van der Waals surface area contributed by atoms with Crippen LogP contribution < -0.4 is 9.64 Å². The third-order valence-electron chi connectivity index (χ3n) is 6.52. The summed E-state index contributed by atoms with van der Waals surface area (Å²) in [6, 6.07) is 23.5. The maximum Gasteiger partial charge on any atom is 0.150 e. The molecule has 0 bridgehead atoms. The van der Waals surface area contributed by atoms with Gasteiger partial charge in [-0.15, -0.1) is 0 Å². The zero-order valence-corrected chi connectivity index (χ0v) is 21.4. The fourth-order valence-corrected chi connectivity index (χ4v) is 5.16. The predicted molar refractivity (Wildman–Crippen MR) is 145 cm³/mol. The molecule has 1 unspecified atom stereocenters. The molecule has 0 spiro atoms. The van der Waals surface area contributed by atoms with Crippen molar-refractivity contribution in [2.75, 3.05) is 18.0 Å². The summed E-state index contributed by atoms with van der Waals surface area (Å²) >= 11 is 13.4. The molecule has 1 fully saturated rings. The molecule has 5 rings (SSSR count). The van der Waals surface area contributed by atoms with Gasteiger partial charge in [-0.3, -0.25) is 0 Å². The Bertz CT molecular complexity index is 1360. The Morgan fingerprint density at radius 1 is 0.944 bits per heavy atom. The topological polar surface area (TPSA) is 32.5 Å². The molecular formula is C30H26Cl2FNO2. The number of aromatic hydroxyl groups is 1. The molecule has 1 heterocycles. The lowest BCUT2D eigenvalue weighted by atomic mass is 9.87. The minimum atomic E-state index is -0.281. The van der Waals surface area contributed by atoms with Crippen LogP contribution in [0.3, 0.4) is 0 Å². The Hall–Kier alpha value is -3.21. The molecule has 184 valence electrons. The maximum absolute atomic E-state index is 13.4. The van der Waals surface area contributed by atoms with Crippen molar-refractivity contribution in [3.63, 3.8) is 0 Å². The molecule has 0 saturated carbocycles.